The maximum Gasteiger partial charge on any atom is 0.575 e. The summed E-state index contributed by atoms with van der Waals surface area (Å²) in [7, 11) is 1.08. The van der Waals surface area contributed by atoms with Crippen molar-refractivity contribution in [3.05, 3.63) is 25.3 Å². The van der Waals surface area contributed by atoms with Crippen LogP contribution in [-0.4, -0.2) is 29.3 Å². The van der Waals surface area contributed by atoms with E-state index in [1.807, 2.05) is 0 Å². The third kappa shape index (κ3) is 4.47. The minimum atomic E-state index is -5.02. The second kappa shape index (κ2) is 6.19. The van der Waals surface area contributed by atoms with Crippen molar-refractivity contribution in [2.75, 3.05) is 7.11 Å². The van der Waals surface area contributed by atoms with E-state index >= 15 is 0 Å². The summed E-state index contributed by atoms with van der Waals surface area (Å²) in [5.74, 6) is -2.64. The SMILES string of the molecule is COC(=O)Cc1c(I)cc(OC(F)(F)F)nc1[N+](=O)[O-]. The average molecular weight is 406 g/mol. The lowest BCUT2D eigenvalue weighted by atomic mass is 10.2. The van der Waals surface area contributed by atoms with Crippen molar-refractivity contribution in [2.24, 2.45) is 0 Å². The Bertz CT molecular complexity index is 549. The Kier molecular flexibility index (Phi) is 5.08. The van der Waals surface area contributed by atoms with Gasteiger partial charge in [0.15, 0.2) is 0 Å². The van der Waals surface area contributed by atoms with Crippen LogP contribution in [0.1, 0.15) is 5.56 Å². The molecule has 0 aromatic carbocycles. The largest absolute Gasteiger partial charge is 0.575 e. The molecule has 0 saturated heterocycles. The van der Waals surface area contributed by atoms with Gasteiger partial charge in [-0.15, -0.1) is 13.2 Å². The van der Waals surface area contributed by atoms with E-state index in [4.69, 9.17) is 0 Å². The van der Waals surface area contributed by atoms with Crippen LogP contribution < -0.4 is 4.74 Å². The number of methoxy groups -OCH3 is 1. The second-order valence-electron chi connectivity index (χ2n) is 3.30. The number of nitro groups is 1. The van der Waals surface area contributed by atoms with E-state index in [1.165, 1.54) is 0 Å². The van der Waals surface area contributed by atoms with Gasteiger partial charge >= 0.3 is 24.0 Å². The van der Waals surface area contributed by atoms with Crippen LogP contribution in [0, 0.1) is 13.7 Å². The van der Waals surface area contributed by atoms with Crippen molar-refractivity contribution in [2.45, 2.75) is 12.8 Å². The van der Waals surface area contributed by atoms with E-state index in [2.05, 4.69) is 14.5 Å². The molecule has 0 unspecified atom stereocenters. The molecule has 0 spiro atoms. The minimum absolute atomic E-state index is 0.0361. The van der Waals surface area contributed by atoms with E-state index in [-0.39, 0.29) is 9.13 Å². The Morgan fingerprint density at radius 1 is 1.55 bits per heavy atom. The van der Waals surface area contributed by atoms with E-state index in [0.717, 1.165) is 13.2 Å². The van der Waals surface area contributed by atoms with Gasteiger partial charge in [-0.3, -0.25) is 4.79 Å². The van der Waals surface area contributed by atoms with Crippen molar-refractivity contribution in [1.82, 2.24) is 4.98 Å². The lowest BCUT2D eigenvalue weighted by Gasteiger charge is -2.08. The molecule has 0 amide bonds. The Balaban J connectivity index is 3.26. The zero-order chi connectivity index (χ0) is 15.5. The zero-order valence-corrected chi connectivity index (χ0v) is 11.9. The highest BCUT2D eigenvalue weighted by molar-refractivity contribution is 14.1. The third-order valence-electron chi connectivity index (χ3n) is 1.97. The first kappa shape index (κ1) is 16.4. The molecule has 0 fully saturated rings. The smallest absolute Gasteiger partial charge is 0.469 e. The first-order valence-electron chi connectivity index (χ1n) is 4.80. The molecule has 0 bridgehead atoms. The topological polar surface area (TPSA) is 91.6 Å². The highest BCUT2D eigenvalue weighted by atomic mass is 127. The molecule has 0 radical (unpaired) electrons. The Labute approximate surface area is 123 Å². The molecule has 1 heterocycles. The lowest BCUT2D eigenvalue weighted by molar-refractivity contribution is -0.390. The van der Waals surface area contributed by atoms with Gasteiger partial charge in [0, 0.05) is 14.6 Å². The summed E-state index contributed by atoms with van der Waals surface area (Å²) in [5, 5.41) is 10.8. The molecule has 0 saturated carbocycles. The number of aromatic nitrogens is 1. The van der Waals surface area contributed by atoms with Crippen LogP contribution >= 0.6 is 22.6 Å². The Morgan fingerprint density at radius 2 is 2.15 bits per heavy atom. The fraction of sp³-hybridized carbons (Fsp3) is 0.333. The number of carbonyl (C=O) groups excluding carboxylic acids is 1. The van der Waals surface area contributed by atoms with Crippen LogP contribution in [-0.2, 0) is 16.0 Å². The molecule has 110 valence electrons. The van der Waals surface area contributed by atoms with Crippen molar-refractivity contribution in [3.8, 4) is 5.88 Å². The van der Waals surface area contributed by atoms with Gasteiger partial charge in [0.05, 0.1) is 19.1 Å². The van der Waals surface area contributed by atoms with Crippen LogP contribution in [0.3, 0.4) is 0 Å². The minimum Gasteiger partial charge on any atom is -0.469 e. The summed E-state index contributed by atoms with van der Waals surface area (Å²) in [4.78, 5) is 24.1. The quantitative estimate of drug-likeness (QED) is 0.330. The van der Waals surface area contributed by atoms with Gasteiger partial charge in [0.2, 0.25) is 0 Å². The molecule has 1 rings (SSSR count). The lowest BCUT2D eigenvalue weighted by Crippen LogP contribution is -2.19. The first-order valence-corrected chi connectivity index (χ1v) is 5.88. The van der Waals surface area contributed by atoms with Gasteiger partial charge in [0.1, 0.15) is 0 Å². The fourth-order valence-electron chi connectivity index (χ4n) is 1.21. The Hall–Kier alpha value is -1.66. The van der Waals surface area contributed by atoms with Crippen molar-refractivity contribution >= 4 is 34.4 Å². The van der Waals surface area contributed by atoms with Gasteiger partial charge in [-0.1, -0.05) is 0 Å². The number of halogens is 4. The molecule has 0 aliphatic rings. The Morgan fingerprint density at radius 3 is 2.60 bits per heavy atom. The van der Waals surface area contributed by atoms with E-state index in [0.29, 0.717) is 0 Å². The number of pyridine rings is 1. The molecule has 11 heteroatoms. The fourth-order valence-corrected chi connectivity index (χ4v) is 1.91. The molecule has 0 atom stereocenters. The molecule has 1 aromatic heterocycles. The second-order valence-corrected chi connectivity index (χ2v) is 4.46. The van der Waals surface area contributed by atoms with Crippen molar-refractivity contribution in [3.63, 3.8) is 0 Å². The predicted molar refractivity (Wildman–Crippen MR) is 66.0 cm³/mol. The number of hydrogen-bond donors (Lipinski definition) is 0. The molecule has 1 aromatic rings. The summed E-state index contributed by atoms with van der Waals surface area (Å²) in [6.07, 6.45) is -5.50. The number of carbonyl (C=O) groups is 1. The van der Waals surface area contributed by atoms with Crippen molar-refractivity contribution < 1.29 is 32.4 Å². The number of rotatable bonds is 4. The number of esters is 1. The molecule has 20 heavy (non-hydrogen) atoms. The molecule has 7 nitrogen and oxygen atoms in total. The monoisotopic (exact) mass is 406 g/mol. The number of hydrogen-bond acceptors (Lipinski definition) is 6. The number of alkyl halides is 3. The molecule has 0 aliphatic heterocycles. The maximum atomic E-state index is 12.1. The summed E-state index contributed by atoms with van der Waals surface area (Å²) in [5.41, 5.74) is -0.142. The van der Waals surface area contributed by atoms with Crippen molar-refractivity contribution in [1.29, 1.82) is 0 Å². The first-order chi connectivity index (χ1) is 9.14. The molecule has 0 N–H and O–H groups in total. The van der Waals surface area contributed by atoms with Gasteiger partial charge in [0.25, 0.3) is 0 Å². The number of ether oxygens (including phenoxy) is 2. The predicted octanol–water partition coefficient (Wildman–Crippen LogP) is 2.21. The van der Waals surface area contributed by atoms with Gasteiger partial charge in [-0.2, -0.15) is 0 Å². The third-order valence-corrected chi connectivity index (χ3v) is 2.93. The summed E-state index contributed by atoms with van der Waals surface area (Å²) >= 11 is 1.55. The maximum absolute atomic E-state index is 12.1. The zero-order valence-electron chi connectivity index (χ0n) is 9.73. The average Bonchev–Trinajstić information content (AvgIpc) is 2.29. The standard InChI is InChI=1S/C9H6F3IN2O5/c1-19-7(16)2-4-5(13)3-6(20-9(10,11)12)14-8(4)15(17)18/h3H,2H2,1H3. The van der Waals surface area contributed by atoms with Gasteiger partial charge in [-0.05, 0) is 27.5 Å². The highest BCUT2D eigenvalue weighted by Gasteiger charge is 2.35. The molecule has 0 aliphatic carbocycles. The van der Waals surface area contributed by atoms with Gasteiger partial charge in [-0.25, -0.2) is 0 Å². The molecular weight excluding hydrogens is 400 g/mol. The van der Waals surface area contributed by atoms with Crippen LogP contribution in [0.2, 0.25) is 0 Å². The van der Waals surface area contributed by atoms with Crippen LogP contribution in [0.4, 0.5) is 19.0 Å². The van der Waals surface area contributed by atoms with E-state index < -0.39 is 35.4 Å². The van der Waals surface area contributed by atoms with E-state index in [9.17, 15) is 28.1 Å². The normalized spacial score (nSPS) is 11.1. The summed E-state index contributed by atoms with van der Waals surface area (Å²) < 4.78 is 44.1. The van der Waals surface area contributed by atoms with Crippen LogP contribution in [0.25, 0.3) is 0 Å². The van der Waals surface area contributed by atoms with Gasteiger partial charge < -0.3 is 19.6 Å². The highest BCUT2D eigenvalue weighted by Crippen LogP contribution is 2.29. The van der Waals surface area contributed by atoms with Crippen LogP contribution in [0.15, 0.2) is 6.07 Å². The summed E-state index contributed by atoms with van der Waals surface area (Å²) in [6.45, 7) is 0. The summed E-state index contributed by atoms with van der Waals surface area (Å²) in [6, 6.07) is 0.847. The molecular formula is C9H6F3IN2O5. The van der Waals surface area contributed by atoms with Crippen LogP contribution in [0.5, 0.6) is 5.88 Å². The van der Waals surface area contributed by atoms with E-state index in [1.54, 1.807) is 22.6 Å². The number of nitrogens with zero attached hydrogens (tertiary/aromatic N) is 2.